The van der Waals surface area contributed by atoms with Crippen LogP contribution in [0.2, 0.25) is 0 Å². The van der Waals surface area contributed by atoms with E-state index in [-0.39, 0.29) is 5.76 Å². The fraction of sp³-hybridized carbons (Fsp3) is 0.579. The number of aliphatic hydroxyl groups excluding tert-OH is 2. The molecule has 1 aliphatic heterocycles. The van der Waals surface area contributed by atoms with Crippen LogP contribution in [0.4, 0.5) is 5.69 Å². The van der Waals surface area contributed by atoms with Gasteiger partial charge in [-0.25, -0.2) is 0 Å². The molecule has 1 atom stereocenters. The Morgan fingerprint density at radius 1 is 0.957 bits per heavy atom. The molecule has 0 radical (unpaired) electrons. The van der Waals surface area contributed by atoms with Crippen LogP contribution in [0.5, 0.6) is 0 Å². The molecule has 0 bridgehead atoms. The summed E-state index contributed by atoms with van der Waals surface area (Å²) in [6, 6.07) is 10.5. The lowest BCUT2D eigenvalue weighted by molar-refractivity contribution is 0.0966. The van der Waals surface area contributed by atoms with Crippen LogP contribution in [0.3, 0.4) is 0 Å². The average Bonchev–Trinajstić information content (AvgIpc) is 2.63. The van der Waals surface area contributed by atoms with Gasteiger partial charge in [0, 0.05) is 38.4 Å². The largest absolute Gasteiger partial charge is 0.510 e. The summed E-state index contributed by atoms with van der Waals surface area (Å²) in [6.45, 7) is 4.32. The van der Waals surface area contributed by atoms with Gasteiger partial charge in [-0.15, -0.1) is 0 Å². The topological polar surface area (TPSA) is 46.9 Å². The Hall–Kier alpha value is -1.52. The summed E-state index contributed by atoms with van der Waals surface area (Å²) in [5, 5.41) is 20.6. The van der Waals surface area contributed by atoms with Gasteiger partial charge in [0.25, 0.3) is 0 Å². The van der Waals surface area contributed by atoms with Crippen molar-refractivity contribution in [1.82, 2.24) is 4.90 Å². The van der Waals surface area contributed by atoms with Crippen LogP contribution in [0, 0.1) is 0 Å². The molecule has 0 aromatic heterocycles. The maximum Gasteiger partial charge on any atom is 0.123 e. The Balaban J connectivity index is 1.50. The molecule has 0 spiro atoms. The number of allylic oxidation sites excluding steroid dienone is 1. The average molecular weight is 316 g/mol. The molecule has 0 amide bonds. The molecule has 1 saturated carbocycles. The number of β-amino-alcohol motifs (C(OH)–C–C–N with tert-alkyl or cyclic N) is 1. The monoisotopic (exact) mass is 316 g/mol. The molecular formula is C19H28N2O2. The number of hydrogen-bond donors (Lipinski definition) is 2. The van der Waals surface area contributed by atoms with Gasteiger partial charge in [0.15, 0.2) is 0 Å². The normalized spacial score (nSPS) is 21.3. The highest BCUT2D eigenvalue weighted by molar-refractivity contribution is 5.46. The van der Waals surface area contributed by atoms with Gasteiger partial charge in [-0.3, -0.25) is 4.90 Å². The molecule has 2 fully saturated rings. The van der Waals surface area contributed by atoms with Crippen molar-refractivity contribution in [3.63, 3.8) is 0 Å². The highest BCUT2D eigenvalue weighted by Crippen LogP contribution is 2.26. The molecule has 1 heterocycles. The molecule has 3 rings (SSSR count). The first kappa shape index (κ1) is 16.3. The number of para-hydroxylation sites is 1. The lowest BCUT2D eigenvalue weighted by atomic mass is 9.92. The van der Waals surface area contributed by atoms with E-state index < -0.39 is 6.10 Å². The number of benzene rings is 1. The molecule has 4 nitrogen and oxygen atoms in total. The van der Waals surface area contributed by atoms with E-state index >= 15 is 0 Å². The lowest BCUT2D eigenvalue weighted by Gasteiger charge is -2.37. The Bertz CT molecular complexity index is 513. The van der Waals surface area contributed by atoms with Crippen LogP contribution >= 0.6 is 0 Å². The highest BCUT2D eigenvalue weighted by atomic mass is 16.3. The Kier molecular flexibility index (Phi) is 5.57. The van der Waals surface area contributed by atoms with Crippen molar-refractivity contribution in [2.75, 3.05) is 37.6 Å². The van der Waals surface area contributed by atoms with E-state index in [0.29, 0.717) is 6.54 Å². The van der Waals surface area contributed by atoms with Crippen molar-refractivity contribution in [2.24, 2.45) is 0 Å². The number of hydrogen-bond acceptors (Lipinski definition) is 4. The molecule has 2 aliphatic rings. The van der Waals surface area contributed by atoms with Crippen LogP contribution in [0.25, 0.3) is 0 Å². The van der Waals surface area contributed by atoms with Crippen LogP contribution in [-0.2, 0) is 0 Å². The van der Waals surface area contributed by atoms with Crippen molar-refractivity contribution in [2.45, 2.75) is 38.2 Å². The lowest BCUT2D eigenvalue weighted by Crippen LogP contribution is -2.48. The van der Waals surface area contributed by atoms with Crippen molar-refractivity contribution in [1.29, 1.82) is 0 Å². The fourth-order valence-corrected chi connectivity index (χ4v) is 3.63. The standard InChI is InChI=1S/C19H28N2O2/c22-18(19(23)16-7-3-1-4-8-16)15-20-11-13-21(14-12-20)17-9-5-2-6-10-17/h2,5-6,9-10,18,22-23H,1,3-4,7-8,11-15H2/t18-/m0/s1. The van der Waals surface area contributed by atoms with Crippen LogP contribution < -0.4 is 4.90 Å². The van der Waals surface area contributed by atoms with Gasteiger partial charge in [0.2, 0.25) is 0 Å². The maximum atomic E-state index is 10.3. The molecule has 0 unspecified atom stereocenters. The van der Waals surface area contributed by atoms with Gasteiger partial charge in [-0.1, -0.05) is 24.6 Å². The minimum atomic E-state index is -0.730. The summed E-state index contributed by atoms with van der Waals surface area (Å²) in [7, 11) is 0. The Morgan fingerprint density at radius 2 is 1.61 bits per heavy atom. The highest BCUT2D eigenvalue weighted by Gasteiger charge is 2.23. The Labute approximate surface area is 139 Å². The molecule has 1 saturated heterocycles. The minimum absolute atomic E-state index is 0.246. The minimum Gasteiger partial charge on any atom is -0.510 e. The summed E-state index contributed by atoms with van der Waals surface area (Å²) in [5.74, 6) is 0.246. The first-order valence-corrected chi connectivity index (χ1v) is 8.85. The van der Waals surface area contributed by atoms with E-state index in [4.69, 9.17) is 0 Å². The third-order valence-corrected chi connectivity index (χ3v) is 5.06. The Morgan fingerprint density at radius 3 is 2.26 bits per heavy atom. The smallest absolute Gasteiger partial charge is 0.123 e. The van der Waals surface area contributed by atoms with Gasteiger partial charge < -0.3 is 15.1 Å². The van der Waals surface area contributed by atoms with Crippen LogP contribution in [-0.4, -0.2) is 53.9 Å². The molecule has 1 aromatic carbocycles. The zero-order chi connectivity index (χ0) is 16.1. The van der Waals surface area contributed by atoms with Crippen molar-refractivity contribution in [3.05, 3.63) is 41.7 Å². The maximum absolute atomic E-state index is 10.3. The van der Waals surface area contributed by atoms with E-state index in [1.165, 1.54) is 12.1 Å². The van der Waals surface area contributed by atoms with E-state index in [1.807, 2.05) is 6.07 Å². The first-order chi connectivity index (χ1) is 11.2. The van der Waals surface area contributed by atoms with Crippen molar-refractivity contribution in [3.8, 4) is 0 Å². The molecular weight excluding hydrogens is 288 g/mol. The summed E-state index contributed by atoms with van der Waals surface area (Å²) in [4.78, 5) is 4.63. The molecule has 126 valence electrons. The molecule has 1 aliphatic carbocycles. The van der Waals surface area contributed by atoms with Crippen LogP contribution in [0.1, 0.15) is 32.1 Å². The fourth-order valence-electron chi connectivity index (χ4n) is 3.63. The van der Waals surface area contributed by atoms with Gasteiger partial charge >= 0.3 is 0 Å². The third-order valence-electron chi connectivity index (χ3n) is 5.06. The van der Waals surface area contributed by atoms with Gasteiger partial charge in [-0.05, 0) is 43.4 Å². The van der Waals surface area contributed by atoms with Gasteiger partial charge in [0.1, 0.15) is 11.9 Å². The number of piperazine rings is 1. The summed E-state index contributed by atoms with van der Waals surface area (Å²) in [5.41, 5.74) is 2.34. The number of nitrogens with zero attached hydrogens (tertiary/aromatic N) is 2. The second-order valence-electron chi connectivity index (χ2n) is 6.69. The molecule has 23 heavy (non-hydrogen) atoms. The van der Waals surface area contributed by atoms with E-state index in [2.05, 4.69) is 34.1 Å². The molecule has 1 aromatic rings. The summed E-state index contributed by atoms with van der Waals surface area (Å²) < 4.78 is 0. The van der Waals surface area contributed by atoms with Gasteiger partial charge in [-0.2, -0.15) is 0 Å². The predicted octanol–water partition coefficient (Wildman–Crippen LogP) is 2.95. The molecule has 4 heteroatoms. The zero-order valence-corrected chi connectivity index (χ0v) is 13.8. The second-order valence-corrected chi connectivity index (χ2v) is 6.69. The van der Waals surface area contributed by atoms with Crippen molar-refractivity contribution < 1.29 is 10.2 Å². The summed E-state index contributed by atoms with van der Waals surface area (Å²) in [6.07, 6.45) is 4.69. The van der Waals surface area contributed by atoms with Crippen LogP contribution in [0.15, 0.2) is 41.7 Å². The second kappa shape index (κ2) is 7.84. The van der Waals surface area contributed by atoms with E-state index in [1.54, 1.807) is 0 Å². The summed E-state index contributed by atoms with van der Waals surface area (Å²) >= 11 is 0. The predicted molar refractivity (Wildman–Crippen MR) is 93.8 cm³/mol. The SMILES string of the molecule is OC(=C1CCCCC1)[C@@H](O)CN1CCN(c2ccccc2)CC1. The van der Waals surface area contributed by atoms with Crippen molar-refractivity contribution >= 4 is 5.69 Å². The quantitative estimate of drug-likeness (QED) is 0.839. The van der Waals surface area contributed by atoms with E-state index in [0.717, 1.165) is 57.4 Å². The number of aliphatic hydroxyl groups is 2. The number of anilines is 1. The number of rotatable bonds is 4. The third kappa shape index (κ3) is 4.27. The first-order valence-electron chi connectivity index (χ1n) is 8.85. The zero-order valence-electron chi connectivity index (χ0n) is 13.8. The van der Waals surface area contributed by atoms with Gasteiger partial charge in [0.05, 0.1) is 0 Å². The molecule has 2 N–H and O–H groups in total. The van der Waals surface area contributed by atoms with E-state index in [9.17, 15) is 10.2 Å².